The largest absolute Gasteiger partial charge is 2.00 e. The molecule has 56 heavy (non-hydrogen) atoms. The molecule has 0 saturated carbocycles. The van der Waals surface area contributed by atoms with E-state index in [0.717, 1.165) is 16.7 Å². The average Bonchev–Trinajstić information content (AvgIpc) is 3.11. The molecule has 0 aromatic carbocycles. The molecule has 8 bridgehead atoms. The number of allylic oxidation sites excluding steroid dienone is 15. The third kappa shape index (κ3) is 16.3. The third-order valence-electron chi connectivity index (χ3n) is 8.69. The minimum absolute atomic E-state index is 0. The Labute approximate surface area is 370 Å². The molecule has 0 aromatic rings. The van der Waals surface area contributed by atoms with Crippen LogP contribution in [-0.2, 0) is 31.5 Å². The van der Waals surface area contributed by atoms with Crippen LogP contribution in [0.2, 0.25) is 0 Å². The second-order valence-corrected chi connectivity index (χ2v) is 13.1. The number of hydrogen-bond acceptors (Lipinski definition) is 13. The summed E-state index contributed by atoms with van der Waals surface area (Å²) in [5.41, 5.74) is 6.47. The molecule has 15 nitrogen and oxygen atoms in total. The summed E-state index contributed by atoms with van der Waals surface area (Å²) in [5, 5.41) is 23.7. The molecule has 0 aromatic heterocycles. The molecule has 0 saturated heterocycles. The second-order valence-electron chi connectivity index (χ2n) is 13.1. The normalized spacial score (nSPS) is 22.6. The minimum Gasteiger partial charge on any atom is -0.389 e. The van der Waals surface area contributed by atoms with Crippen molar-refractivity contribution < 1.29 is 81.7 Å². The predicted molar refractivity (Wildman–Crippen MR) is 211 cm³/mol. The number of hydrogen-bond donors (Lipinski definition) is 4. The van der Waals surface area contributed by atoms with Gasteiger partial charge in [-0.2, -0.15) is 0 Å². The molecule has 0 unspecified atom stereocenters. The van der Waals surface area contributed by atoms with Gasteiger partial charge in [-0.05, 0) is 73.9 Å². The van der Waals surface area contributed by atoms with Crippen LogP contribution in [0.4, 0.5) is 0 Å². The number of carbonyl (C=O) groups is 3. The minimum atomic E-state index is -1.50. The molecule has 0 fully saturated rings. The van der Waals surface area contributed by atoms with Gasteiger partial charge in [-0.25, -0.2) is 0 Å². The Hall–Kier alpha value is -3.96. The number of fused-ring (bicyclic) bond motifs is 15. The van der Waals surface area contributed by atoms with Crippen LogP contribution in [0.25, 0.3) is 0 Å². The second kappa shape index (κ2) is 25.3. The van der Waals surface area contributed by atoms with Crippen molar-refractivity contribution in [1.82, 2.24) is 25.8 Å². The third-order valence-corrected chi connectivity index (χ3v) is 8.69. The van der Waals surface area contributed by atoms with E-state index in [-0.39, 0.29) is 74.4 Å². The summed E-state index contributed by atoms with van der Waals surface area (Å²) in [6.45, 7) is 13.3. The predicted octanol–water partition coefficient (Wildman–Crippen LogP) is 2.27. The van der Waals surface area contributed by atoms with E-state index in [1.54, 1.807) is 37.2 Å². The molecule has 4 N–H and O–H groups in total. The quantitative estimate of drug-likeness (QED) is 0.158. The SMILES string of the molecule is CC1=CC2=CNCCN3CCNC=C4C=C(C)C=C(C=NCCN(CCN=CC(=C1)C2=O)CCN=CC1=CC(C)=CC(=CNCC3)C1=O)C4=O.O=[N+]([O-])O.[Cu].[Gd+2]. The average molecular weight is 961 g/mol. The first-order valence-corrected chi connectivity index (χ1v) is 17.9. The maximum Gasteiger partial charge on any atom is 2.00 e. The van der Waals surface area contributed by atoms with Gasteiger partial charge in [-0.3, -0.25) is 39.2 Å². The zero-order valence-electron chi connectivity index (χ0n) is 31.7. The molecule has 3 aliphatic heterocycles. The van der Waals surface area contributed by atoms with E-state index < -0.39 is 5.09 Å². The van der Waals surface area contributed by atoms with Gasteiger partial charge in [0.15, 0.2) is 17.3 Å². The van der Waals surface area contributed by atoms with Crippen molar-refractivity contribution in [3.8, 4) is 0 Å². The molecule has 1 radical (unpaired) electrons. The van der Waals surface area contributed by atoms with Gasteiger partial charge in [0.05, 0.1) is 19.6 Å². The Morgan fingerprint density at radius 1 is 0.554 bits per heavy atom. The summed E-state index contributed by atoms with van der Waals surface area (Å²) >= 11 is 0. The molecular weight excluding hydrogens is 911 g/mol. The first-order chi connectivity index (χ1) is 26.0. The maximum absolute atomic E-state index is 13.3. The standard InChI is InChI=1S/C39H48N8O3.Cu.Gd.HNO3/c1-28-16-31-22-40-4-10-46-12-6-42-24-33-18-29(2)19-34(38(33)49)25-43-7-13-47(11-5-41-23-32(17-28)37(31)48)15-9-45-27-36-21-30(3)20-35(39(36)50)26-44-8-14-46;;;2-1(3)4/h16-27,40,42,44H,4-15H2,1-3H3;;;(H,2,3,4)/q;;+2;. The van der Waals surface area contributed by atoms with Crippen LogP contribution in [0.5, 0.6) is 0 Å². The van der Waals surface area contributed by atoms with E-state index in [4.69, 9.17) is 15.3 Å². The van der Waals surface area contributed by atoms with E-state index in [9.17, 15) is 14.4 Å². The molecule has 3 heterocycles. The smallest absolute Gasteiger partial charge is 0.389 e. The van der Waals surface area contributed by atoms with E-state index in [2.05, 4.69) is 40.7 Å². The number of nitrogens with zero attached hydrogens (tertiary/aromatic N) is 6. The van der Waals surface area contributed by atoms with Crippen molar-refractivity contribution in [3.05, 3.63) is 115 Å². The zero-order valence-corrected chi connectivity index (χ0v) is 35.0. The van der Waals surface area contributed by atoms with Gasteiger partial charge < -0.3 is 21.2 Å². The molecular formula is C39H49CuGdN9O6+2. The van der Waals surface area contributed by atoms with Gasteiger partial charge in [0.2, 0.25) is 0 Å². The van der Waals surface area contributed by atoms with Crippen LogP contribution in [0.1, 0.15) is 20.8 Å². The van der Waals surface area contributed by atoms with Crippen LogP contribution < -0.4 is 16.0 Å². The van der Waals surface area contributed by atoms with Crippen LogP contribution in [-0.4, -0.2) is 135 Å². The van der Waals surface area contributed by atoms with Gasteiger partial charge in [0, 0.05) is 147 Å². The first kappa shape index (κ1) is 48.2. The van der Waals surface area contributed by atoms with Crippen molar-refractivity contribution in [2.45, 2.75) is 20.8 Å². The summed E-state index contributed by atoms with van der Waals surface area (Å²) < 4.78 is 0. The Balaban J connectivity index is 0.00000172. The van der Waals surface area contributed by atoms with E-state index in [0.29, 0.717) is 112 Å². The molecule has 6 rings (SSSR count). The topological polar surface area (TPSA) is 194 Å². The van der Waals surface area contributed by atoms with Crippen molar-refractivity contribution in [2.24, 2.45) is 15.0 Å². The summed E-state index contributed by atoms with van der Waals surface area (Å²) in [6, 6.07) is 0. The number of carbonyl (C=O) groups excluding carboxylic acids is 3. The Bertz CT molecular complexity index is 1650. The Morgan fingerprint density at radius 3 is 1.11 bits per heavy atom. The monoisotopic (exact) mass is 960 g/mol. The molecule has 3 aliphatic carbocycles. The number of Topliss-reactive ketones (excluding diaryl/α,β-unsaturated/α-hetero) is 3. The van der Waals surface area contributed by atoms with Crippen molar-refractivity contribution in [2.75, 3.05) is 78.5 Å². The van der Waals surface area contributed by atoms with Gasteiger partial charge in [0.1, 0.15) is 0 Å². The number of nitrogens with one attached hydrogen (secondary N) is 3. The fraction of sp³-hybridized carbons (Fsp3) is 0.385. The fourth-order valence-corrected chi connectivity index (χ4v) is 6.07. The Kier molecular flexibility index (Phi) is 21.8. The van der Waals surface area contributed by atoms with Crippen molar-refractivity contribution in [1.29, 1.82) is 0 Å². The van der Waals surface area contributed by atoms with Crippen molar-refractivity contribution in [3.63, 3.8) is 0 Å². The van der Waals surface area contributed by atoms with Gasteiger partial charge in [-0.1, -0.05) is 0 Å². The molecule has 6 aliphatic rings. The van der Waals surface area contributed by atoms with E-state index >= 15 is 0 Å². The first-order valence-electron chi connectivity index (χ1n) is 17.9. The summed E-state index contributed by atoms with van der Waals surface area (Å²) in [5.74, 6) is -0.167. The summed E-state index contributed by atoms with van der Waals surface area (Å²) in [7, 11) is 0. The van der Waals surface area contributed by atoms with E-state index in [1.165, 1.54) is 0 Å². The number of ketones is 3. The molecule has 0 amide bonds. The zero-order chi connectivity index (χ0) is 38.9. The molecule has 0 atom stereocenters. The summed E-state index contributed by atoms with van der Waals surface area (Å²) in [6.07, 6.45) is 21.7. The molecule has 303 valence electrons. The van der Waals surface area contributed by atoms with Crippen LogP contribution in [0.15, 0.2) is 120 Å². The van der Waals surface area contributed by atoms with Gasteiger partial charge >= 0.3 is 39.9 Å². The Morgan fingerprint density at radius 2 is 0.821 bits per heavy atom. The summed E-state index contributed by atoms with van der Waals surface area (Å²) in [4.78, 5) is 66.6. The maximum atomic E-state index is 13.3. The molecule has 17 heteroatoms. The van der Waals surface area contributed by atoms with Gasteiger partial charge in [-0.15, -0.1) is 10.1 Å². The van der Waals surface area contributed by atoms with Crippen LogP contribution >= 0.6 is 0 Å². The van der Waals surface area contributed by atoms with Gasteiger partial charge in [0.25, 0.3) is 5.09 Å². The van der Waals surface area contributed by atoms with E-state index in [1.807, 2.05) is 57.2 Å². The van der Waals surface area contributed by atoms with Crippen LogP contribution in [0.3, 0.4) is 0 Å². The molecule has 0 spiro atoms. The van der Waals surface area contributed by atoms with Crippen LogP contribution in [0, 0.1) is 50.1 Å². The fourth-order valence-electron chi connectivity index (χ4n) is 6.07. The van der Waals surface area contributed by atoms with Crippen molar-refractivity contribution >= 4 is 36.0 Å². The number of rotatable bonds is 0. The number of aliphatic imine (C=N–C) groups is 3.